The summed E-state index contributed by atoms with van der Waals surface area (Å²) in [5, 5.41) is 5.54. The summed E-state index contributed by atoms with van der Waals surface area (Å²) in [5.74, 6) is 2.60. The zero-order valence-corrected chi connectivity index (χ0v) is 16.2. The zero-order chi connectivity index (χ0) is 18.4. The van der Waals surface area contributed by atoms with E-state index in [0.29, 0.717) is 19.4 Å². The van der Waals surface area contributed by atoms with Gasteiger partial charge in [-0.15, -0.1) is 0 Å². The molecule has 26 heavy (non-hydrogen) atoms. The molecular formula is C19H30N2O4S. The van der Waals surface area contributed by atoms with E-state index in [9.17, 15) is 18.0 Å². The third-order valence-electron chi connectivity index (χ3n) is 7.06. The van der Waals surface area contributed by atoms with Crippen molar-refractivity contribution in [2.24, 2.45) is 29.1 Å². The Kier molecular flexibility index (Phi) is 4.78. The maximum atomic E-state index is 12.4. The molecule has 6 nitrogen and oxygen atoms in total. The summed E-state index contributed by atoms with van der Waals surface area (Å²) in [4.78, 5) is 24.4. The number of nitrogens with one attached hydrogen (secondary N) is 2. The molecule has 2 N–H and O–H groups in total. The number of rotatable bonds is 6. The minimum absolute atomic E-state index is 0.00618. The SMILES string of the molecule is O=C(CNC(=O)CC12CC3CC(CC(C3)C1)C2)NCC1CCS(=O)(=O)C1. The van der Waals surface area contributed by atoms with Crippen LogP contribution >= 0.6 is 0 Å². The molecule has 0 radical (unpaired) electrons. The van der Waals surface area contributed by atoms with Gasteiger partial charge in [0.2, 0.25) is 11.8 Å². The summed E-state index contributed by atoms with van der Waals surface area (Å²) in [7, 11) is -2.92. The summed E-state index contributed by atoms with van der Waals surface area (Å²) in [6.45, 7) is 0.369. The molecule has 5 aliphatic rings. The third kappa shape index (κ3) is 4.07. The van der Waals surface area contributed by atoms with E-state index >= 15 is 0 Å². The van der Waals surface area contributed by atoms with Crippen LogP contribution in [0.25, 0.3) is 0 Å². The maximum Gasteiger partial charge on any atom is 0.239 e. The third-order valence-corrected chi connectivity index (χ3v) is 8.90. The van der Waals surface area contributed by atoms with Gasteiger partial charge in [0.1, 0.15) is 0 Å². The molecule has 4 saturated carbocycles. The Balaban J connectivity index is 1.19. The first-order valence-corrected chi connectivity index (χ1v) is 11.9. The van der Waals surface area contributed by atoms with E-state index in [1.54, 1.807) is 0 Å². The molecule has 1 unspecified atom stereocenters. The molecule has 4 aliphatic carbocycles. The topological polar surface area (TPSA) is 92.3 Å². The van der Waals surface area contributed by atoms with E-state index in [4.69, 9.17) is 0 Å². The van der Waals surface area contributed by atoms with Gasteiger partial charge in [0.05, 0.1) is 18.1 Å². The fraction of sp³-hybridized carbons (Fsp3) is 0.895. The van der Waals surface area contributed by atoms with Crippen LogP contribution in [0.15, 0.2) is 0 Å². The molecule has 0 aromatic heterocycles. The summed E-state index contributed by atoms with van der Waals surface area (Å²) in [5.41, 5.74) is 0.188. The first-order valence-electron chi connectivity index (χ1n) is 10.0. The van der Waals surface area contributed by atoms with Crippen LogP contribution in [0, 0.1) is 29.1 Å². The zero-order valence-electron chi connectivity index (χ0n) is 15.3. The lowest BCUT2D eigenvalue weighted by atomic mass is 9.49. The molecule has 7 heteroatoms. The molecular weight excluding hydrogens is 352 g/mol. The Hall–Kier alpha value is -1.11. The first-order chi connectivity index (χ1) is 12.3. The Bertz CT molecular complexity index is 652. The molecule has 1 heterocycles. The van der Waals surface area contributed by atoms with Crippen molar-refractivity contribution in [1.29, 1.82) is 0 Å². The fourth-order valence-corrected chi connectivity index (χ4v) is 8.30. The van der Waals surface area contributed by atoms with Crippen molar-refractivity contribution in [1.82, 2.24) is 10.6 Å². The number of sulfone groups is 1. The lowest BCUT2D eigenvalue weighted by Gasteiger charge is -2.56. The highest BCUT2D eigenvalue weighted by Gasteiger charge is 2.51. The quantitative estimate of drug-likeness (QED) is 0.723. The van der Waals surface area contributed by atoms with Crippen molar-refractivity contribution in [3.05, 3.63) is 0 Å². The number of amides is 2. The van der Waals surface area contributed by atoms with Crippen LogP contribution < -0.4 is 10.6 Å². The number of hydrogen-bond donors (Lipinski definition) is 2. The van der Waals surface area contributed by atoms with Crippen LogP contribution in [0.3, 0.4) is 0 Å². The molecule has 4 bridgehead atoms. The van der Waals surface area contributed by atoms with Crippen molar-refractivity contribution >= 4 is 21.7 Å². The summed E-state index contributed by atoms with van der Waals surface area (Å²) in [6, 6.07) is 0. The van der Waals surface area contributed by atoms with E-state index < -0.39 is 9.84 Å². The van der Waals surface area contributed by atoms with Gasteiger partial charge in [-0.05, 0) is 74.0 Å². The van der Waals surface area contributed by atoms with Gasteiger partial charge in [-0.1, -0.05) is 0 Å². The predicted molar refractivity (Wildman–Crippen MR) is 98.0 cm³/mol. The molecule has 1 aliphatic heterocycles. The van der Waals surface area contributed by atoms with E-state index in [1.807, 2.05) is 0 Å². The maximum absolute atomic E-state index is 12.4. The standard InChI is InChI=1S/C19H30N2O4S/c22-17(9-19-6-14-3-15(7-19)5-16(4-14)8-19)21-11-18(23)20-10-13-1-2-26(24,25)12-13/h13-16H,1-12H2,(H,20,23)(H,21,22). The Morgan fingerprint density at radius 2 is 1.54 bits per heavy atom. The van der Waals surface area contributed by atoms with E-state index in [0.717, 1.165) is 17.8 Å². The molecule has 146 valence electrons. The molecule has 1 atom stereocenters. The average Bonchev–Trinajstić information content (AvgIpc) is 2.88. The van der Waals surface area contributed by atoms with Gasteiger partial charge >= 0.3 is 0 Å². The van der Waals surface area contributed by atoms with Gasteiger partial charge in [0.25, 0.3) is 0 Å². The van der Waals surface area contributed by atoms with Crippen molar-refractivity contribution in [2.75, 3.05) is 24.6 Å². The van der Waals surface area contributed by atoms with Crippen LogP contribution in [0.5, 0.6) is 0 Å². The Morgan fingerprint density at radius 3 is 2.08 bits per heavy atom. The number of carbonyl (C=O) groups excluding carboxylic acids is 2. The number of carbonyl (C=O) groups is 2. The molecule has 0 aromatic rings. The minimum Gasteiger partial charge on any atom is -0.354 e. The largest absolute Gasteiger partial charge is 0.354 e. The molecule has 0 spiro atoms. The van der Waals surface area contributed by atoms with Gasteiger partial charge in [0.15, 0.2) is 9.84 Å². The van der Waals surface area contributed by atoms with Crippen molar-refractivity contribution in [3.63, 3.8) is 0 Å². The molecule has 2 amide bonds. The monoisotopic (exact) mass is 382 g/mol. The van der Waals surface area contributed by atoms with Crippen molar-refractivity contribution in [2.45, 2.75) is 51.4 Å². The molecule has 1 saturated heterocycles. The van der Waals surface area contributed by atoms with E-state index in [2.05, 4.69) is 10.6 Å². The second-order valence-corrected chi connectivity index (χ2v) is 11.7. The highest BCUT2D eigenvalue weighted by atomic mass is 32.2. The van der Waals surface area contributed by atoms with Crippen LogP contribution in [0.2, 0.25) is 0 Å². The second-order valence-electron chi connectivity index (χ2n) is 9.44. The summed E-state index contributed by atoms with van der Waals surface area (Å²) in [6.07, 6.45) is 8.82. The first kappa shape index (κ1) is 18.3. The number of hydrogen-bond acceptors (Lipinski definition) is 4. The summed E-state index contributed by atoms with van der Waals surface area (Å²) < 4.78 is 22.9. The van der Waals surface area contributed by atoms with Crippen LogP contribution in [-0.2, 0) is 19.4 Å². The predicted octanol–water partition coefficient (Wildman–Crippen LogP) is 1.26. The Labute approximate surface area is 155 Å². The minimum atomic E-state index is -2.92. The van der Waals surface area contributed by atoms with Crippen LogP contribution in [-0.4, -0.2) is 44.8 Å². The average molecular weight is 383 g/mol. The highest BCUT2D eigenvalue weighted by molar-refractivity contribution is 7.91. The lowest BCUT2D eigenvalue weighted by molar-refractivity contribution is -0.131. The van der Waals surface area contributed by atoms with Gasteiger partial charge in [-0.2, -0.15) is 0 Å². The van der Waals surface area contributed by atoms with Crippen molar-refractivity contribution < 1.29 is 18.0 Å². The molecule has 0 aromatic carbocycles. The van der Waals surface area contributed by atoms with E-state index in [1.165, 1.54) is 38.5 Å². The van der Waals surface area contributed by atoms with Gasteiger partial charge in [-0.25, -0.2) is 8.42 Å². The summed E-state index contributed by atoms with van der Waals surface area (Å²) >= 11 is 0. The van der Waals surface area contributed by atoms with Crippen LogP contribution in [0.1, 0.15) is 51.4 Å². The van der Waals surface area contributed by atoms with Gasteiger partial charge in [0, 0.05) is 13.0 Å². The van der Waals surface area contributed by atoms with E-state index in [-0.39, 0.29) is 41.2 Å². The normalized spacial score (nSPS) is 39.7. The highest BCUT2D eigenvalue weighted by Crippen LogP contribution is 2.61. The molecule has 5 rings (SSSR count). The van der Waals surface area contributed by atoms with Gasteiger partial charge in [-0.3, -0.25) is 9.59 Å². The van der Waals surface area contributed by atoms with Crippen molar-refractivity contribution in [3.8, 4) is 0 Å². The van der Waals surface area contributed by atoms with Gasteiger partial charge < -0.3 is 10.6 Å². The second kappa shape index (κ2) is 6.80. The Morgan fingerprint density at radius 1 is 0.923 bits per heavy atom. The van der Waals surface area contributed by atoms with Crippen LogP contribution in [0.4, 0.5) is 0 Å². The lowest BCUT2D eigenvalue weighted by Crippen LogP contribution is -2.48. The smallest absolute Gasteiger partial charge is 0.239 e. The fourth-order valence-electron chi connectivity index (χ4n) is 6.44. The molecule has 5 fully saturated rings.